The first-order valence-corrected chi connectivity index (χ1v) is 10.9. The van der Waals surface area contributed by atoms with Crippen molar-refractivity contribution in [1.29, 1.82) is 0 Å². The van der Waals surface area contributed by atoms with E-state index in [1.54, 1.807) is 0 Å². The molecule has 2 fully saturated rings. The van der Waals surface area contributed by atoms with Crippen LogP contribution in [0.1, 0.15) is 44.9 Å². The number of oxazole rings is 1. The molecule has 0 unspecified atom stereocenters. The van der Waals surface area contributed by atoms with Gasteiger partial charge in [-0.2, -0.15) is 4.98 Å². The molecule has 7 nitrogen and oxygen atoms in total. The third-order valence-corrected chi connectivity index (χ3v) is 6.07. The highest BCUT2D eigenvalue weighted by atomic mass is 16.5. The molecule has 3 heterocycles. The van der Waals surface area contributed by atoms with E-state index in [1.807, 2.05) is 31.3 Å². The lowest BCUT2D eigenvalue weighted by Gasteiger charge is -2.27. The standard InChI is InChI=1S/C23H28N4O3/c1-14-3-6-17(7-4-14)26-23-24-12-19(22(27-23)30-18-9-10-28-13-18)16-5-8-21-20(11-16)25-15(2)29-21/h5,8,11-12,14,17-18H,3-4,6-7,9-10,13H2,1-2H3,(H,24,26,27)/t14?,17?,18-/m1/s1. The third-order valence-electron chi connectivity index (χ3n) is 6.07. The van der Waals surface area contributed by atoms with Gasteiger partial charge in [0.05, 0.1) is 18.8 Å². The van der Waals surface area contributed by atoms with Gasteiger partial charge in [-0.15, -0.1) is 0 Å². The molecule has 7 heteroatoms. The van der Waals surface area contributed by atoms with Gasteiger partial charge in [-0.3, -0.25) is 0 Å². The first-order chi connectivity index (χ1) is 14.6. The van der Waals surface area contributed by atoms with Crippen LogP contribution in [0, 0.1) is 12.8 Å². The van der Waals surface area contributed by atoms with E-state index in [9.17, 15) is 0 Å². The average molecular weight is 409 g/mol. The summed E-state index contributed by atoms with van der Waals surface area (Å²) in [7, 11) is 0. The number of aromatic nitrogens is 3. The largest absolute Gasteiger partial charge is 0.471 e. The van der Waals surface area contributed by atoms with Gasteiger partial charge in [0.25, 0.3) is 0 Å². The Kier molecular flexibility index (Phi) is 5.29. The summed E-state index contributed by atoms with van der Waals surface area (Å²) >= 11 is 0. The average Bonchev–Trinajstić information content (AvgIpc) is 3.38. The van der Waals surface area contributed by atoms with Crippen LogP contribution in [0.25, 0.3) is 22.2 Å². The summed E-state index contributed by atoms with van der Waals surface area (Å²) in [6, 6.07) is 6.35. The summed E-state index contributed by atoms with van der Waals surface area (Å²) in [6.07, 6.45) is 7.53. The lowest BCUT2D eigenvalue weighted by Crippen LogP contribution is -2.26. The number of rotatable bonds is 5. The molecule has 1 aliphatic heterocycles. The number of aryl methyl sites for hydroxylation is 1. The fourth-order valence-electron chi connectivity index (χ4n) is 4.28. The summed E-state index contributed by atoms with van der Waals surface area (Å²) in [5.74, 6) is 2.68. The number of nitrogens with one attached hydrogen (secondary N) is 1. The lowest BCUT2D eigenvalue weighted by atomic mass is 9.87. The lowest BCUT2D eigenvalue weighted by molar-refractivity contribution is 0.138. The molecule has 1 aromatic carbocycles. The highest BCUT2D eigenvalue weighted by Crippen LogP contribution is 2.33. The number of hydrogen-bond donors (Lipinski definition) is 1. The first-order valence-electron chi connectivity index (χ1n) is 10.9. The quantitative estimate of drug-likeness (QED) is 0.652. The predicted molar refractivity (Wildman–Crippen MR) is 115 cm³/mol. The monoisotopic (exact) mass is 408 g/mol. The van der Waals surface area contributed by atoms with Crippen molar-refractivity contribution < 1.29 is 13.9 Å². The maximum atomic E-state index is 6.27. The molecular formula is C23H28N4O3. The molecule has 1 saturated heterocycles. The maximum Gasteiger partial charge on any atom is 0.226 e. The van der Waals surface area contributed by atoms with E-state index in [0.717, 1.165) is 54.0 Å². The SMILES string of the molecule is Cc1nc2cc(-c3cnc(NC4CCC(C)CC4)nc3O[C@@H]3CCOC3)ccc2o1. The van der Waals surface area contributed by atoms with Gasteiger partial charge in [0, 0.05) is 25.6 Å². The summed E-state index contributed by atoms with van der Waals surface area (Å²) in [5.41, 5.74) is 3.40. The maximum absolute atomic E-state index is 6.27. The molecule has 0 spiro atoms. The molecule has 0 radical (unpaired) electrons. The van der Waals surface area contributed by atoms with Crippen molar-refractivity contribution in [3.05, 3.63) is 30.3 Å². The summed E-state index contributed by atoms with van der Waals surface area (Å²) < 4.78 is 17.4. The van der Waals surface area contributed by atoms with Crippen LogP contribution in [0.15, 0.2) is 28.8 Å². The van der Waals surface area contributed by atoms with Gasteiger partial charge >= 0.3 is 0 Å². The first kappa shape index (κ1) is 19.3. The fourth-order valence-corrected chi connectivity index (χ4v) is 4.28. The van der Waals surface area contributed by atoms with Gasteiger partial charge < -0.3 is 19.2 Å². The van der Waals surface area contributed by atoms with Crippen LogP contribution >= 0.6 is 0 Å². The van der Waals surface area contributed by atoms with Crippen molar-refractivity contribution in [2.24, 2.45) is 5.92 Å². The molecule has 3 aromatic rings. The molecule has 2 aromatic heterocycles. The molecule has 158 valence electrons. The van der Waals surface area contributed by atoms with Crippen molar-refractivity contribution in [2.45, 2.75) is 58.1 Å². The predicted octanol–water partition coefficient (Wildman–Crippen LogP) is 4.75. The van der Waals surface area contributed by atoms with Crippen LogP contribution in [0.4, 0.5) is 5.95 Å². The third kappa shape index (κ3) is 4.12. The van der Waals surface area contributed by atoms with Crippen LogP contribution in [0.5, 0.6) is 5.88 Å². The molecule has 1 N–H and O–H groups in total. The zero-order valence-electron chi connectivity index (χ0n) is 17.6. The smallest absolute Gasteiger partial charge is 0.226 e. The zero-order chi connectivity index (χ0) is 20.5. The Morgan fingerprint density at radius 3 is 2.77 bits per heavy atom. The molecule has 30 heavy (non-hydrogen) atoms. The Balaban J connectivity index is 1.45. The highest BCUT2D eigenvalue weighted by Gasteiger charge is 2.23. The van der Waals surface area contributed by atoms with E-state index < -0.39 is 0 Å². The molecule has 1 saturated carbocycles. The Labute approximate surface area is 176 Å². The molecule has 0 amide bonds. The topological polar surface area (TPSA) is 82.3 Å². The molecule has 5 rings (SSSR count). The van der Waals surface area contributed by atoms with Crippen molar-refractivity contribution in [3.8, 4) is 17.0 Å². The molecule has 2 aliphatic rings. The van der Waals surface area contributed by atoms with Crippen molar-refractivity contribution >= 4 is 17.0 Å². The molecule has 0 bridgehead atoms. The van der Waals surface area contributed by atoms with Gasteiger partial charge in [0.2, 0.25) is 11.8 Å². The van der Waals surface area contributed by atoms with Gasteiger partial charge in [-0.25, -0.2) is 9.97 Å². The van der Waals surface area contributed by atoms with Crippen molar-refractivity contribution in [3.63, 3.8) is 0 Å². The normalized spacial score (nSPS) is 24.3. The van der Waals surface area contributed by atoms with Crippen LogP contribution in [0.2, 0.25) is 0 Å². The van der Waals surface area contributed by atoms with Crippen molar-refractivity contribution in [2.75, 3.05) is 18.5 Å². The van der Waals surface area contributed by atoms with E-state index in [-0.39, 0.29) is 6.10 Å². The van der Waals surface area contributed by atoms with E-state index in [2.05, 4.69) is 22.2 Å². The Hall–Kier alpha value is -2.67. The number of benzene rings is 1. The molecular weight excluding hydrogens is 380 g/mol. The summed E-state index contributed by atoms with van der Waals surface area (Å²) in [6.45, 7) is 5.49. The van der Waals surface area contributed by atoms with E-state index in [4.69, 9.17) is 18.9 Å². The van der Waals surface area contributed by atoms with Gasteiger partial charge in [-0.1, -0.05) is 13.0 Å². The summed E-state index contributed by atoms with van der Waals surface area (Å²) in [5, 5.41) is 3.52. The number of fused-ring (bicyclic) bond motifs is 1. The van der Waals surface area contributed by atoms with Gasteiger partial charge in [0.1, 0.15) is 11.6 Å². The van der Waals surface area contributed by atoms with E-state index in [1.165, 1.54) is 12.8 Å². The van der Waals surface area contributed by atoms with Crippen LogP contribution in [-0.4, -0.2) is 40.3 Å². The number of nitrogens with zero attached hydrogens (tertiary/aromatic N) is 3. The minimum absolute atomic E-state index is 0.0139. The van der Waals surface area contributed by atoms with Gasteiger partial charge in [-0.05, 0) is 49.3 Å². The Morgan fingerprint density at radius 2 is 1.97 bits per heavy atom. The second-order valence-electron chi connectivity index (χ2n) is 8.53. The highest BCUT2D eigenvalue weighted by molar-refractivity contribution is 5.81. The number of ether oxygens (including phenoxy) is 2. The second kappa shape index (κ2) is 8.22. The number of anilines is 1. The van der Waals surface area contributed by atoms with E-state index in [0.29, 0.717) is 30.4 Å². The van der Waals surface area contributed by atoms with E-state index >= 15 is 0 Å². The summed E-state index contributed by atoms with van der Waals surface area (Å²) in [4.78, 5) is 13.8. The number of hydrogen-bond acceptors (Lipinski definition) is 7. The zero-order valence-corrected chi connectivity index (χ0v) is 17.6. The minimum Gasteiger partial charge on any atom is -0.471 e. The second-order valence-corrected chi connectivity index (χ2v) is 8.53. The molecule has 1 atom stereocenters. The molecule has 1 aliphatic carbocycles. The van der Waals surface area contributed by atoms with Crippen LogP contribution < -0.4 is 10.1 Å². The minimum atomic E-state index is 0.0139. The Morgan fingerprint density at radius 1 is 1.10 bits per heavy atom. The van der Waals surface area contributed by atoms with Gasteiger partial charge in [0.15, 0.2) is 11.5 Å². The van der Waals surface area contributed by atoms with Crippen molar-refractivity contribution in [1.82, 2.24) is 15.0 Å². The fraction of sp³-hybridized carbons (Fsp3) is 0.522. The Bertz CT molecular complexity index is 1020. The van der Waals surface area contributed by atoms with Crippen LogP contribution in [0.3, 0.4) is 0 Å². The van der Waals surface area contributed by atoms with Crippen LogP contribution in [-0.2, 0) is 4.74 Å².